The molecule has 0 aliphatic carbocycles. The van der Waals surface area contributed by atoms with Gasteiger partial charge >= 0.3 is 147 Å². The molecule has 140 valence electrons. The van der Waals surface area contributed by atoms with Crippen LogP contribution in [0.2, 0.25) is 0 Å². The van der Waals surface area contributed by atoms with E-state index in [4.69, 9.17) is 0 Å². The zero-order chi connectivity index (χ0) is 16.7. The number of unbranched alkanes of at least 4 members (excludes halogenated alkanes) is 2. The average Bonchev–Trinajstić information content (AvgIpc) is 2.68. The van der Waals surface area contributed by atoms with Crippen LogP contribution in [0.3, 0.4) is 0 Å². The number of rotatable bonds is 7. The number of halogens is 2. The zero-order valence-electron chi connectivity index (χ0n) is 15.3. The minimum atomic E-state index is -1.96. The van der Waals surface area contributed by atoms with Crippen LogP contribution >= 0.6 is 36.7 Å². The van der Waals surface area contributed by atoms with Crippen molar-refractivity contribution in [1.82, 2.24) is 0 Å². The molecule has 3 aromatic rings. The van der Waals surface area contributed by atoms with Crippen LogP contribution in [0.25, 0.3) is 0 Å². The van der Waals surface area contributed by atoms with Gasteiger partial charge in [0.05, 0.1) is 0 Å². The van der Waals surface area contributed by atoms with Gasteiger partial charge in [0.2, 0.25) is 0 Å². The fourth-order valence-electron chi connectivity index (χ4n) is 3.74. The average molecular weight is 452 g/mol. The van der Waals surface area contributed by atoms with Crippen LogP contribution in [-0.2, 0) is 0 Å². The van der Waals surface area contributed by atoms with E-state index in [9.17, 15) is 0 Å². The molecule has 0 amide bonds. The summed E-state index contributed by atoms with van der Waals surface area (Å²) < 4.78 is 0. The second kappa shape index (κ2) is 11.5. The van der Waals surface area contributed by atoms with Gasteiger partial charge < -0.3 is 0 Å². The van der Waals surface area contributed by atoms with Crippen LogP contribution in [0, 0.1) is 0 Å². The van der Waals surface area contributed by atoms with Gasteiger partial charge in [-0.1, -0.05) is 0 Å². The molecule has 0 radical (unpaired) electrons. The van der Waals surface area contributed by atoms with E-state index >= 15 is 0 Å². The van der Waals surface area contributed by atoms with Crippen molar-refractivity contribution in [2.45, 2.75) is 26.2 Å². The van der Waals surface area contributed by atoms with Crippen molar-refractivity contribution in [2.75, 3.05) is 6.16 Å². The van der Waals surface area contributed by atoms with Crippen LogP contribution in [0.15, 0.2) is 91.0 Å². The largest absolute Gasteiger partial charge is 0.147 e. The van der Waals surface area contributed by atoms with E-state index in [0.29, 0.717) is 0 Å². The maximum atomic E-state index is 2.35. The van der Waals surface area contributed by atoms with Crippen molar-refractivity contribution < 1.29 is 0 Å². The van der Waals surface area contributed by atoms with E-state index in [0.717, 1.165) is 0 Å². The van der Waals surface area contributed by atoms with E-state index in [1.807, 2.05) is 0 Å². The molecule has 3 rings (SSSR count). The summed E-state index contributed by atoms with van der Waals surface area (Å²) in [6.45, 7) is 2.29. The minimum Gasteiger partial charge on any atom is -0.147 e. The summed E-state index contributed by atoms with van der Waals surface area (Å²) in [4.78, 5) is 0. The molecule has 0 saturated heterocycles. The number of hydrogen-bond donors (Lipinski definition) is 0. The third-order valence-corrected chi connectivity index (χ3v) is 10.0. The van der Waals surface area contributed by atoms with Crippen molar-refractivity contribution >= 4 is 52.6 Å². The maximum absolute atomic E-state index is 2.35. The van der Waals surface area contributed by atoms with Crippen molar-refractivity contribution in [3.05, 3.63) is 91.0 Å². The van der Waals surface area contributed by atoms with E-state index in [1.54, 1.807) is 0 Å². The van der Waals surface area contributed by atoms with Gasteiger partial charge in [0.25, 0.3) is 0 Å². The van der Waals surface area contributed by atoms with E-state index < -0.39 is 7.26 Å². The van der Waals surface area contributed by atoms with Crippen LogP contribution in [-0.4, -0.2) is 6.16 Å². The molecule has 0 nitrogen and oxygen atoms in total. The Bertz CT molecular complexity index is 635. The Balaban J connectivity index is 0.00000169. The summed E-state index contributed by atoms with van der Waals surface area (Å²) in [6, 6.07) is 33.6. The van der Waals surface area contributed by atoms with Crippen LogP contribution in [0.5, 0.6) is 0 Å². The van der Waals surface area contributed by atoms with E-state index in [-0.39, 0.29) is 29.4 Å². The van der Waals surface area contributed by atoms with Gasteiger partial charge in [-0.25, -0.2) is 0 Å². The first-order valence-electron chi connectivity index (χ1n) is 9.04. The first kappa shape index (κ1) is 22.9. The van der Waals surface area contributed by atoms with Gasteiger partial charge in [0.1, 0.15) is 0 Å². The Hall–Kier alpha value is -1.14. The molecule has 3 aromatic carbocycles. The summed E-state index contributed by atoms with van der Waals surface area (Å²) in [5.74, 6) is 0. The Morgan fingerprint density at radius 3 is 1.23 bits per heavy atom. The predicted molar refractivity (Wildman–Crippen MR) is 129 cm³/mol. The molecule has 0 N–H and O–H groups in total. The van der Waals surface area contributed by atoms with E-state index in [2.05, 4.69) is 97.9 Å². The van der Waals surface area contributed by atoms with Crippen molar-refractivity contribution in [2.24, 2.45) is 0 Å². The summed E-state index contributed by atoms with van der Waals surface area (Å²) >= 11 is 0. The summed E-state index contributed by atoms with van der Waals surface area (Å²) in [5.41, 5.74) is 0. The van der Waals surface area contributed by atoms with Crippen LogP contribution < -0.4 is 15.9 Å². The fourth-order valence-corrected chi connectivity index (χ4v) is 8.67. The second-order valence-electron chi connectivity index (χ2n) is 6.46. The Morgan fingerprint density at radius 1 is 0.577 bits per heavy atom. The first-order valence-corrected chi connectivity index (χ1v) is 11.2. The van der Waals surface area contributed by atoms with Crippen molar-refractivity contribution in [3.63, 3.8) is 0 Å². The molecule has 0 aliphatic rings. The molecule has 0 fully saturated rings. The molecule has 0 spiro atoms. The second-order valence-corrected chi connectivity index (χ2v) is 10.5. The molecule has 0 heterocycles. The van der Waals surface area contributed by atoms with Crippen molar-refractivity contribution in [1.29, 1.82) is 0 Å². The molecule has 0 saturated carbocycles. The SMILES string of the molecule is Br.CCCCC[PH](c1ccccc1)(c1ccccc1)c1ccccc1.Cl. The smallest absolute Gasteiger partial charge is 0.147 e. The first-order chi connectivity index (χ1) is 11.9. The molecule has 0 aliphatic heterocycles. The molecule has 0 bridgehead atoms. The number of benzene rings is 3. The van der Waals surface area contributed by atoms with E-state index in [1.165, 1.54) is 41.3 Å². The Morgan fingerprint density at radius 2 is 0.923 bits per heavy atom. The molecule has 26 heavy (non-hydrogen) atoms. The van der Waals surface area contributed by atoms with Crippen LogP contribution in [0.4, 0.5) is 0 Å². The van der Waals surface area contributed by atoms with Gasteiger partial charge in [-0.3, -0.25) is 0 Å². The quantitative estimate of drug-likeness (QED) is 0.310. The Kier molecular flexibility index (Phi) is 10.2. The third-order valence-electron chi connectivity index (χ3n) is 4.96. The minimum absolute atomic E-state index is 0. The van der Waals surface area contributed by atoms with Gasteiger partial charge in [0.15, 0.2) is 0 Å². The zero-order valence-corrected chi connectivity index (χ0v) is 18.8. The summed E-state index contributed by atoms with van der Waals surface area (Å²) in [6.07, 6.45) is 5.14. The number of hydrogen-bond acceptors (Lipinski definition) is 0. The molecule has 3 heteroatoms. The van der Waals surface area contributed by atoms with Gasteiger partial charge in [0, 0.05) is 0 Å². The molecular weight excluding hydrogens is 423 g/mol. The monoisotopic (exact) mass is 450 g/mol. The molecular formula is C23H29BrClP. The van der Waals surface area contributed by atoms with Gasteiger partial charge in [-0.2, -0.15) is 0 Å². The molecule has 0 atom stereocenters. The standard InChI is InChI=1S/C23H27P.BrH.ClH/c1-2-3-13-20-24(21-14-7-4-8-15-21,22-16-9-5-10-17-22)23-18-11-6-12-19-23;;/h4-12,14-19,24H,2-3,13,20H2,1H3;2*1H. The summed E-state index contributed by atoms with van der Waals surface area (Å²) in [7, 11) is -1.96. The van der Waals surface area contributed by atoms with Crippen LogP contribution in [0.1, 0.15) is 26.2 Å². The normalized spacial score (nSPS) is 11.1. The van der Waals surface area contributed by atoms with Gasteiger partial charge in [-0.15, -0.1) is 29.4 Å². The molecule has 0 unspecified atom stereocenters. The fraction of sp³-hybridized carbons (Fsp3) is 0.217. The Labute approximate surface area is 175 Å². The topological polar surface area (TPSA) is 0 Å². The molecule has 0 aromatic heterocycles. The van der Waals surface area contributed by atoms with Gasteiger partial charge in [-0.05, 0) is 0 Å². The summed E-state index contributed by atoms with van der Waals surface area (Å²) in [5, 5.41) is 4.58. The van der Waals surface area contributed by atoms with Crippen molar-refractivity contribution in [3.8, 4) is 0 Å². The third kappa shape index (κ3) is 4.97. The predicted octanol–water partition coefficient (Wildman–Crippen LogP) is 5.90. The maximum Gasteiger partial charge on any atom is -0.147 e.